The molecule has 0 radical (unpaired) electrons. The molecule has 0 aliphatic rings. The summed E-state index contributed by atoms with van der Waals surface area (Å²) in [5.74, 6) is 0.324. The van der Waals surface area contributed by atoms with E-state index in [1.165, 1.54) is 5.56 Å². The molecule has 0 aliphatic heterocycles. The molecular formula is C24H21N3O2S. The molecule has 4 aromatic rings. The molecule has 6 heteroatoms. The van der Waals surface area contributed by atoms with Crippen molar-refractivity contribution in [1.82, 2.24) is 10.3 Å². The number of hydrogen-bond acceptors (Lipinski definition) is 4. The molecule has 0 fully saturated rings. The van der Waals surface area contributed by atoms with Crippen LogP contribution in [0.5, 0.6) is 0 Å². The van der Waals surface area contributed by atoms with Crippen LogP contribution in [-0.2, 0) is 6.42 Å². The highest BCUT2D eigenvalue weighted by molar-refractivity contribution is 7.80. The van der Waals surface area contributed by atoms with Crippen LogP contribution in [0.1, 0.15) is 28.4 Å². The number of thiocarbonyl (C=S) groups is 1. The van der Waals surface area contributed by atoms with Crippen LogP contribution in [0.15, 0.2) is 71.1 Å². The number of aromatic nitrogens is 1. The number of hydrogen-bond donors (Lipinski definition) is 2. The average Bonchev–Trinajstić information content (AvgIpc) is 3.17. The predicted octanol–water partition coefficient (Wildman–Crippen LogP) is 5.49. The van der Waals surface area contributed by atoms with E-state index in [-0.39, 0.29) is 11.0 Å². The summed E-state index contributed by atoms with van der Waals surface area (Å²) < 4.78 is 5.93. The lowest BCUT2D eigenvalue weighted by atomic mass is 10.1. The Bertz CT molecular complexity index is 1230. The van der Waals surface area contributed by atoms with E-state index in [0.717, 1.165) is 23.1 Å². The minimum atomic E-state index is -0.246. The number of anilines is 1. The largest absolute Gasteiger partial charge is 0.436 e. The number of nitrogens with one attached hydrogen (secondary N) is 2. The summed E-state index contributed by atoms with van der Waals surface area (Å²) in [6.45, 7) is 4.01. The van der Waals surface area contributed by atoms with Crippen LogP contribution in [0, 0.1) is 6.92 Å². The van der Waals surface area contributed by atoms with Crippen LogP contribution in [-0.4, -0.2) is 16.0 Å². The minimum absolute atomic E-state index is 0.220. The third-order valence-corrected chi connectivity index (χ3v) is 5.08. The van der Waals surface area contributed by atoms with E-state index in [1.807, 2.05) is 55.5 Å². The number of carbonyl (C=O) groups excluding carboxylic acids is 1. The molecule has 150 valence electrons. The van der Waals surface area contributed by atoms with Gasteiger partial charge in [0.15, 0.2) is 10.7 Å². The molecule has 30 heavy (non-hydrogen) atoms. The Morgan fingerprint density at radius 1 is 1.07 bits per heavy atom. The molecular weight excluding hydrogens is 394 g/mol. The molecule has 0 aliphatic carbocycles. The van der Waals surface area contributed by atoms with Crippen molar-refractivity contribution in [1.29, 1.82) is 0 Å². The molecule has 0 saturated heterocycles. The maximum Gasteiger partial charge on any atom is 0.257 e. The highest BCUT2D eigenvalue weighted by Crippen LogP contribution is 2.26. The van der Waals surface area contributed by atoms with Crippen LogP contribution < -0.4 is 10.6 Å². The number of fused-ring (bicyclic) bond motifs is 1. The van der Waals surface area contributed by atoms with Crippen LogP contribution in [0.3, 0.4) is 0 Å². The third kappa shape index (κ3) is 4.23. The van der Waals surface area contributed by atoms with Gasteiger partial charge in [0.05, 0.1) is 0 Å². The highest BCUT2D eigenvalue weighted by Gasteiger charge is 2.12. The summed E-state index contributed by atoms with van der Waals surface area (Å²) in [7, 11) is 0. The fourth-order valence-electron chi connectivity index (χ4n) is 3.17. The fourth-order valence-corrected chi connectivity index (χ4v) is 3.38. The molecule has 5 nitrogen and oxygen atoms in total. The minimum Gasteiger partial charge on any atom is -0.436 e. The predicted molar refractivity (Wildman–Crippen MR) is 124 cm³/mol. The Morgan fingerprint density at radius 2 is 1.83 bits per heavy atom. The number of amides is 1. The van der Waals surface area contributed by atoms with Gasteiger partial charge in [0.2, 0.25) is 5.89 Å². The zero-order chi connectivity index (χ0) is 21.1. The Hall–Kier alpha value is -3.51. The Balaban J connectivity index is 1.48. The molecule has 2 N–H and O–H groups in total. The van der Waals surface area contributed by atoms with Crippen molar-refractivity contribution in [2.45, 2.75) is 20.3 Å². The Labute approximate surface area is 180 Å². The molecule has 3 aromatic carbocycles. The van der Waals surface area contributed by atoms with Crippen molar-refractivity contribution in [3.05, 3.63) is 83.4 Å². The van der Waals surface area contributed by atoms with Gasteiger partial charge in [-0.05, 0) is 67.0 Å². The van der Waals surface area contributed by atoms with Gasteiger partial charge >= 0.3 is 0 Å². The summed E-state index contributed by atoms with van der Waals surface area (Å²) in [5, 5.41) is 5.96. The Morgan fingerprint density at radius 3 is 2.57 bits per heavy atom. The van der Waals surface area contributed by atoms with Crippen molar-refractivity contribution in [2.24, 2.45) is 0 Å². The van der Waals surface area contributed by atoms with Gasteiger partial charge in [0, 0.05) is 22.9 Å². The van der Waals surface area contributed by atoms with Crippen LogP contribution in [0.4, 0.5) is 5.69 Å². The van der Waals surface area contributed by atoms with Crippen molar-refractivity contribution >= 4 is 40.0 Å². The van der Waals surface area contributed by atoms with Gasteiger partial charge < -0.3 is 9.73 Å². The first kappa shape index (κ1) is 19.8. The first-order valence-electron chi connectivity index (χ1n) is 9.71. The van der Waals surface area contributed by atoms with Crippen molar-refractivity contribution in [3.63, 3.8) is 0 Å². The van der Waals surface area contributed by atoms with Gasteiger partial charge in [0.25, 0.3) is 5.91 Å². The second-order valence-corrected chi connectivity index (χ2v) is 7.38. The topological polar surface area (TPSA) is 67.2 Å². The van der Waals surface area contributed by atoms with Gasteiger partial charge in [-0.25, -0.2) is 4.98 Å². The Kier molecular flexibility index (Phi) is 5.59. The van der Waals surface area contributed by atoms with Crippen molar-refractivity contribution < 1.29 is 9.21 Å². The van der Waals surface area contributed by atoms with E-state index in [0.29, 0.717) is 22.7 Å². The maximum absolute atomic E-state index is 12.4. The molecule has 1 aromatic heterocycles. The lowest BCUT2D eigenvalue weighted by Gasteiger charge is -2.10. The zero-order valence-corrected chi connectivity index (χ0v) is 17.5. The van der Waals surface area contributed by atoms with E-state index < -0.39 is 0 Å². The smallest absolute Gasteiger partial charge is 0.257 e. The molecule has 0 saturated carbocycles. The molecule has 4 rings (SSSR count). The first-order chi connectivity index (χ1) is 14.5. The fraction of sp³-hybridized carbons (Fsp3) is 0.125. The molecule has 1 amide bonds. The highest BCUT2D eigenvalue weighted by atomic mass is 32.1. The average molecular weight is 416 g/mol. The van der Waals surface area contributed by atoms with E-state index in [2.05, 4.69) is 34.7 Å². The van der Waals surface area contributed by atoms with E-state index in [1.54, 1.807) is 6.07 Å². The van der Waals surface area contributed by atoms with Crippen LogP contribution >= 0.6 is 12.2 Å². The third-order valence-electron chi connectivity index (χ3n) is 4.87. The van der Waals surface area contributed by atoms with Crippen molar-refractivity contribution in [3.8, 4) is 11.5 Å². The number of aryl methyl sites for hydroxylation is 2. The van der Waals surface area contributed by atoms with Crippen molar-refractivity contribution in [2.75, 3.05) is 5.32 Å². The van der Waals surface area contributed by atoms with Gasteiger partial charge in [-0.15, -0.1) is 0 Å². The lowest BCUT2D eigenvalue weighted by Crippen LogP contribution is -2.34. The van der Waals surface area contributed by atoms with Gasteiger partial charge in [0.1, 0.15) is 5.52 Å². The van der Waals surface area contributed by atoms with E-state index >= 15 is 0 Å². The summed E-state index contributed by atoms with van der Waals surface area (Å²) in [6, 6.07) is 21.1. The summed E-state index contributed by atoms with van der Waals surface area (Å²) in [5.41, 5.74) is 5.78. The maximum atomic E-state index is 12.4. The second kappa shape index (κ2) is 8.47. The first-order valence-corrected chi connectivity index (χ1v) is 10.1. The number of benzene rings is 3. The van der Waals surface area contributed by atoms with Gasteiger partial charge in [-0.2, -0.15) is 0 Å². The molecule has 0 bridgehead atoms. The summed E-state index contributed by atoms with van der Waals surface area (Å²) in [6.07, 6.45) is 0.989. The quantitative estimate of drug-likeness (QED) is 0.431. The lowest BCUT2D eigenvalue weighted by molar-refractivity contribution is 0.0977. The monoisotopic (exact) mass is 415 g/mol. The molecule has 0 spiro atoms. The molecule has 1 heterocycles. The summed E-state index contributed by atoms with van der Waals surface area (Å²) >= 11 is 5.29. The number of carbonyl (C=O) groups is 1. The van der Waals surface area contributed by atoms with E-state index in [9.17, 15) is 4.79 Å². The second-order valence-electron chi connectivity index (χ2n) is 6.98. The molecule has 0 unspecified atom stereocenters. The van der Waals surface area contributed by atoms with Gasteiger partial charge in [-0.3, -0.25) is 10.1 Å². The SMILES string of the molecule is CCc1ccc(-c2nc3ccc(NC(=S)NC(=O)c4ccccc4C)cc3o2)cc1. The normalized spacial score (nSPS) is 10.7. The standard InChI is InChI=1S/C24H21N3O2S/c1-3-16-8-10-17(11-9-16)23-26-20-13-12-18(14-21(20)29-23)25-24(30)27-22(28)19-7-5-4-6-15(19)2/h4-14H,3H2,1-2H3,(H2,25,27,28,30). The number of nitrogens with zero attached hydrogens (tertiary/aromatic N) is 1. The zero-order valence-electron chi connectivity index (χ0n) is 16.7. The number of oxazole rings is 1. The van der Waals surface area contributed by atoms with E-state index in [4.69, 9.17) is 16.6 Å². The molecule has 0 atom stereocenters. The van der Waals surface area contributed by atoms with Gasteiger partial charge in [-0.1, -0.05) is 37.3 Å². The summed E-state index contributed by atoms with van der Waals surface area (Å²) in [4.78, 5) is 17.0. The van der Waals surface area contributed by atoms with Crippen LogP contribution in [0.2, 0.25) is 0 Å². The van der Waals surface area contributed by atoms with Crippen LogP contribution in [0.25, 0.3) is 22.6 Å². The number of rotatable bonds is 4.